The molecule has 0 N–H and O–H groups in total. The maximum absolute atomic E-state index is 6.06. The van der Waals surface area contributed by atoms with Crippen molar-refractivity contribution in [3.05, 3.63) is 47.8 Å². The minimum absolute atomic E-state index is 0.00468. The van der Waals surface area contributed by atoms with Crippen LogP contribution < -0.4 is 0 Å². The van der Waals surface area contributed by atoms with E-state index in [-0.39, 0.29) is 6.10 Å². The van der Waals surface area contributed by atoms with Crippen LogP contribution >= 0.6 is 0 Å². The first-order valence-electron chi connectivity index (χ1n) is 16.2. The molecule has 1 aliphatic rings. The molecule has 39 heavy (non-hydrogen) atoms. The van der Waals surface area contributed by atoms with E-state index in [0.29, 0.717) is 19.8 Å². The molecule has 1 aliphatic heterocycles. The molecule has 1 unspecified atom stereocenters. The number of benzene rings is 1. The fraction of sp³-hybridized carbons (Fsp3) is 0.765. The van der Waals surface area contributed by atoms with Gasteiger partial charge in [0.15, 0.2) is 0 Å². The summed E-state index contributed by atoms with van der Waals surface area (Å²) >= 11 is 0. The molecule has 224 valence electrons. The summed E-state index contributed by atoms with van der Waals surface area (Å²) in [7, 11) is 2.10. The van der Waals surface area contributed by atoms with Crippen LogP contribution in [0.2, 0.25) is 0 Å². The number of rotatable bonds is 26. The second-order valence-corrected chi connectivity index (χ2v) is 11.4. The van der Waals surface area contributed by atoms with Gasteiger partial charge in [0.2, 0.25) is 0 Å². The number of nitrogens with zero attached hydrogens (tertiary/aromatic N) is 2. The minimum atomic E-state index is 0.00468. The predicted molar refractivity (Wildman–Crippen MR) is 165 cm³/mol. The van der Waals surface area contributed by atoms with E-state index in [2.05, 4.69) is 67.4 Å². The molecule has 0 saturated heterocycles. The van der Waals surface area contributed by atoms with Crippen LogP contribution in [0.1, 0.15) is 121 Å². The van der Waals surface area contributed by atoms with Crippen LogP contribution in [-0.4, -0.2) is 56.0 Å². The van der Waals surface area contributed by atoms with Gasteiger partial charge in [-0.3, -0.25) is 0 Å². The first kappa shape index (κ1) is 33.6. The topological polar surface area (TPSA) is 34.2 Å². The summed E-state index contributed by atoms with van der Waals surface area (Å²) < 4.78 is 18.1. The van der Waals surface area contributed by atoms with E-state index < -0.39 is 0 Å². The Labute approximate surface area is 241 Å². The van der Waals surface area contributed by atoms with Gasteiger partial charge in [0.05, 0.1) is 26.5 Å². The van der Waals surface area contributed by atoms with Crippen molar-refractivity contribution in [3.8, 4) is 0 Å². The number of hydrogen-bond acceptors (Lipinski definition) is 5. The van der Waals surface area contributed by atoms with Crippen molar-refractivity contribution in [2.45, 2.75) is 129 Å². The quantitative estimate of drug-likeness (QED) is 0.109. The average Bonchev–Trinajstić information content (AvgIpc) is 3.35. The molecule has 0 saturated carbocycles. The first-order valence-corrected chi connectivity index (χ1v) is 16.2. The van der Waals surface area contributed by atoms with Crippen molar-refractivity contribution in [2.24, 2.45) is 0 Å². The van der Waals surface area contributed by atoms with Gasteiger partial charge in [-0.2, -0.15) is 0 Å². The lowest BCUT2D eigenvalue weighted by atomic mass is 10.0. The van der Waals surface area contributed by atoms with E-state index in [0.717, 1.165) is 39.3 Å². The molecule has 0 aromatic heterocycles. The van der Waals surface area contributed by atoms with Crippen molar-refractivity contribution in [1.82, 2.24) is 9.80 Å². The number of ether oxygens (including phenoxy) is 3. The van der Waals surface area contributed by atoms with Crippen LogP contribution in [0.3, 0.4) is 0 Å². The highest BCUT2D eigenvalue weighted by Gasteiger charge is 2.11. The molecule has 5 heteroatoms. The molecule has 1 aromatic carbocycles. The maximum Gasteiger partial charge on any atom is 0.104 e. The highest BCUT2D eigenvalue weighted by molar-refractivity contribution is 5.23. The highest BCUT2D eigenvalue weighted by Crippen LogP contribution is 2.15. The van der Waals surface area contributed by atoms with Gasteiger partial charge in [-0.1, -0.05) is 122 Å². The number of hydrogen-bond donors (Lipinski definition) is 0. The monoisotopic (exact) mass is 544 g/mol. The third-order valence-electron chi connectivity index (χ3n) is 7.39. The maximum atomic E-state index is 6.06. The molecule has 0 fully saturated rings. The van der Waals surface area contributed by atoms with Crippen LogP contribution in [0.4, 0.5) is 0 Å². The van der Waals surface area contributed by atoms with Crippen molar-refractivity contribution in [3.63, 3.8) is 0 Å². The van der Waals surface area contributed by atoms with E-state index in [1.165, 1.54) is 94.6 Å². The molecular formula is C34H60N2O3. The molecule has 0 spiro atoms. The van der Waals surface area contributed by atoms with Crippen LogP contribution in [0.15, 0.2) is 36.7 Å². The second kappa shape index (κ2) is 23.2. The minimum Gasteiger partial charge on any atom is -0.379 e. The van der Waals surface area contributed by atoms with E-state index in [4.69, 9.17) is 14.2 Å². The SMILES string of the molecule is CCCCCCCCCCCCCCCCOCC(COCc1cccc(CN2C=CN(C)C2)c1)OCCC. The lowest BCUT2D eigenvalue weighted by Gasteiger charge is -2.19. The third kappa shape index (κ3) is 17.7. The molecule has 0 radical (unpaired) electrons. The normalized spacial score (nSPS) is 14.0. The van der Waals surface area contributed by atoms with E-state index >= 15 is 0 Å². The summed E-state index contributed by atoms with van der Waals surface area (Å²) in [6.45, 7) is 9.67. The third-order valence-corrected chi connectivity index (χ3v) is 7.39. The summed E-state index contributed by atoms with van der Waals surface area (Å²) in [6.07, 6.45) is 24.6. The molecule has 1 aromatic rings. The summed E-state index contributed by atoms with van der Waals surface area (Å²) in [4.78, 5) is 4.49. The lowest BCUT2D eigenvalue weighted by molar-refractivity contribution is -0.0635. The standard InChI is InChI=1S/C34H60N2O3/c1-4-6-7-8-9-10-11-12-13-14-15-16-17-18-25-37-29-34(39-24-5-2)30-38-28-33-21-19-20-32(26-33)27-36-23-22-35(3)31-36/h19-23,26,34H,4-18,24-25,27-31H2,1-3H3. The average molecular weight is 545 g/mol. The Bertz CT molecular complexity index is 726. The summed E-state index contributed by atoms with van der Waals surface area (Å²) in [5.74, 6) is 0. The number of unbranched alkanes of at least 4 members (excludes halogenated alkanes) is 13. The Kier molecular flexibility index (Phi) is 20.0. The van der Waals surface area contributed by atoms with Crippen LogP contribution in [-0.2, 0) is 27.4 Å². The second-order valence-electron chi connectivity index (χ2n) is 11.4. The van der Waals surface area contributed by atoms with Gasteiger partial charge in [0.25, 0.3) is 0 Å². The Morgan fingerprint density at radius 1 is 0.692 bits per heavy atom. The summed E-state index contributed by atoms with van der Waals surface area (Å²) in [5, 5.41) is 0. The zero-order valence-electron chi connectivity index (χ0n) is 25.7. The summed E-state index contributed by atoms with van der Waals surface area (Å²) in [5.41, 5.74) is 2.52. The van der Waals surface area contributed by atoms with Crippen molar-refractivity contribution in [1.29, 1.82) is 0 Å². The van der Waals surface area contributed by atoms with Crippen LogP contribution in [0, 0.1) is 0 Å². The molecule has 1 heterocycles. The molecule has 1 atom stereocenters. The fourth-order valence-electron chi connectivity index (χ4n) is 5.09. The van der Waals surface area contributed by atoms with E-state index in [1.807, 2.05) is 0 Å². The molecule has 0 aliphatic carbocycles. The van der Waals surface area contributed by atoms with Crippen molar-refractivity contribution < 1.29 is 14.2 Å². The predicted octanol–water partition coefficient (Wildman–Crippen LogP) is 8.67. The summed E-state index contributed by atoms with van der Waals surface area (Å²) in [6, 6.07) is 8.71. The molecule has 5 nitrogen and oxygen atoms in total. The van der Waals surface area contributed by atoms with E-state index in [1.54, 1.807) is 0 Å². The van der Waals surface area contributed by atoms with Crippen molar-refractivity contribution in [2.75, 3.05) is 40.1 Å². The van der Waals surface area contributed by atoms with Crippen LogP contribution in [0.5, 0.6) is 0 Å². The van der Waals surface area contributed by atoms with Gasteiger partial charge >= 0.3 is 0 Å². The van der Waals surface area contributed by atoms with Gasteiger partial charge in [-0.15, -0.1) is 0 Å². The highest BCUT2D eigenvalue weighted by atomic mass is 16.6. The van der Waals surface area contributed by atoms with Gasteiger partial charge in [0.1, 0.15) is 6.10 Å². The first-order chi connectivity index (χ1) is 19.2. The fourth-order valence-corrected chi connectivity index (χ4v) is 5.09. The molecule has 2 rings (SSSR count). The van der Waals surface area contributed by atoms with Crippen LogP contribution in [0.25, 0.3) is 0 Å². The van der Waals surface area contributed by atoms with Gasteiger partial charge < -0.3 is 24.0 Å². The molecule has 0 amide bonds. The molecule has 0 bridgehead atoms. The smallest absolute Gasteiger partial charge is 0.104 e. The Balaban J connectivity index is 1.47. The largest absolute Gasteiger partial charge is 0.379 e. The Morgan fingerprint density at radius 2 is 1.31 bits per heavy atom. The van der Waals surface area contributed by atoms with Gasteiger partial charge in [-0.25, -0.2) is 0 Å². The van der Waals surface area contributed by atoms with Gasteiger partial charge in [0, 0.05) is 39.2 Å². The zero-order chi connectivity index (χ0) is 27.8. The zero-order valence-corrected chi connectivity index (χ0v) is 25.7. The van der Waals surface area contributed by atoms with Crippen molar-refractivity contribution >= 4 is 0 Å². The van der Waals surface area contributed by atoms with E-state index in [9.17, 15) is 0 Å². The van der Waals surface area contributed by atoms with Gasteiger partial charge in [-0.05, 0) is 24.0 Å². The molecular weight excluding hydrogens is 484 g/mol. The Hall–Kier alpha value is -1.56. The lowest BCUT2D eigenvalue weighted by Crippen LogP contribution is -2.26. The Morgan fingerprint density at radius 3 is 1.92 bits per heavy atom.